The summed E-state index contributed by atoms with van der Waals surface area (Å²) in [6, 6.07) is 4.30. The molecule has 3 amide bonds. The Morgan fingerprint density at radius 2 is 1.44 bits per heavy atom. The number of nitrogens with one attached hydrogen (secondary N) is 3. The molecule has 0 saturated heterocycles. The van der Waals surface area contributed by atoms with E-state index in [1.165, 1.54) is 18.7 Å². The smallest absolute Gasteiger partial charge is 0.326 e. The molecule has 11 nitrogen and oxygen atoms in total. The molecule has 0 spiro atoms. The fraction of sp³-hybridized carbons (Fsp3) is 0.500. The predicted molar refractivity (Wildman–Crippen MR) is 127 cm³/mol. The number of rotatable bonds is 15. The summed E-state index contributed by atoms with van der Waals surface area (Å²) in [5.41, 5.74) is 6.24. The molecule has 1 aromatic carbocycles. The van der Waals surface area contributed by atoms with E-state index in [1.54, 1.807) is 30.3 Å². The molecule has 0 heterocycles. The van der Waals surface area contributed by atoms with Gasteiger partial charge in [0, 0.05) is 12.8 Å². The minimum atomic E-state index is -1.24. The molecular formula is C22H32N4O7S. The van der Waals surface area contributed by atoms with Gasteiger partial charge >= 0.3 is 11.9 Å². The number of carboxylic acid groups (broad SMARTS) is 2. The maximum Gasteiger partial charge on any atom is 0.326 e. The van der Waals surface area contributed by atoms with Crippen LogP contribution < -0.4 is 21.7 Å². The second kappa shape index (κ2) is 14.9. The van der Waals surface area contributed by atoms with Crippen LogP contribution in [0.5, 0.6) is 0 Å². The summed E-state index contributed by atoms with van der Waals surface area (Å²) in [5.74, 6) is -3.99. The molecule has 0 aliphatic carbocycles. The van der Waals surface area contributed by atoms with E-state index in [-0.39, 0.29) is 19.3 Å². The Kier molecular flexibility index (Phi) is 12.7. The molecule has 0 aliphatic rings. The molecule has 0 saturated carbocycles. The summed E-state index contributed by atoms with van der Waals surface area (Å²) in [7, 11) is 0. The molecule has 12 heteroatoms. The molecule has 1 rings (SSSR count). The van der Waals surface area contributed by atoms with Crippen molar-refractivity contribution >= 4 is 41.4 Å². The molecule has 1 aromatic rings. The molecular weight excluding hydrogens is 464 g/mol. The van der Waals surface area contributed by atoms with Gasteiger partial charge in [0.2, 0.25) is 17.7 Å². The van der Waals surface area contributed by atoms with Crippen LogP contribution in [-0.4, -0.2) is 76.0 Å². The molecule has 0 aliphatic heterocycles. The quantitative estimate of drug-likeness (QED) is 0.190. The maximum absolute atomic E-state index is 13.0. The number of aliphatic carboxylic acids is 2. The predicted octanol–water partition coefficient (Wildman–Crippen LogP) is -0.267. The van der Waals surface area contributed by atoms with Gasteiger partial charge in [0.25, 0.3) is 0 Å². The molecule has 188 valence electrons. The van der Waals surface area contributed by atoms with E-state index in [0.29, 0.717) is 11.3 Å². The molecule has 4 unspecified atom stereocenters. The number of benzene rings is 1. The third-order valence-electron chi connectivity index (χ3n) is 4.83. The van der Waals surface area contributed by atoms with Gasteiger partial charge in [0.15, 0.2) is 0 Å². The van der Waals surface area contributed by atoms with Gasteiger partial charge in [0.1, 0.15) is 18.1 Å². The Balaban J connectivity index is 3.09. The normalized spacial score (nSPS) is 14.2. The van der Waals surface area contributed by atoms with Gasteiger partial charge in [-0.05, 0) is 37.3 Å². The van der Waals surface area contributed by atoms with E-state index < -0.39 is 60.2 Å². The lowest BCUT2D eigenvalue weighted by Gasteiger charge is -2.25. The highest BCUT2D eigenvalue weighted by Gasteiger charge is 2.30. The lowest BCUT2D eigenvalue weighted by Crippen LogP contribution is -2.57. The fourth-order valence-corrected chi connectivity index (χ4v) is 3.41. The highest BCUT2D eigenvalue weighted by Crippen LogP contribution is 2.08. The third kappa shape index (κ3) is 10.7. The molecule has 0 fully saturated rings. The van der Waals surface area contributed by atoms with Crippen LogP contribution in [0.25, 0.3) is 0 Å². The zero-order valence-corrected chi connectivity index (χ0v) is 20.0. The van der Waals surface area contributed by atoms with Gasteiger partial charge in [-0.25, -0.2) is 4.79 Å². The number of hydrogen-bond donors (Lipinski definition) is 6. The van der Waals surface area contributed by atoms with E-state index in [4.69, 9.17) is 10.8 Å². The van der Waals surface area contributed by atoms with Crippen molar-refractivity contribution in [1.82, 2.24) is 16.0 Å². The fourth-order valence-electron chi connectivity index (χ4n) is 2.94. The monoisotopic (exact) mass is 496 g/mol. The SMILES string of the molecule is CSCCC(NC(=O)C(Cc1ccccc1)NC(=O)C(CCC(=O)O)NC(=O)C(C)N)C(=O)O. The minimum Gasteiger partial charge on any atom is -0.481 e. The summed E-state index contributed by atoms with van der Waals surface area (Å²) < 4.78 is 0. The van der Waals surface area contributed by atoms with E-state index in [0.717, 1.165) is 0 Å². The lowest BCUT2D eigenvalue weighted by molar-refractivity contribution is -0.142. The Morgan fingerprint density at radius 1 is 0.882 bits per heavy atom. The lowest BCUT2D eigenvalue weighted by atomic mass is 10.0. The molecule has 0 radical (unpaired) electrons. The Bertz CT molecular complexity index is 851. The molecule has 7 N–H and O–H groups in total. The second-order valence-corrected chi connectivity index (χ2v) is 8.70. The van der Waals surface area contributed by atoms with Crippen molar-refractivity contribution in [1.29, 1.82) is 0 Å². The maximum atomic E-state index is 13.0. The number of carboxylic acids is 2. The van der Waals surface area contributed by atoms with Gasteiger partial charge < -0.3 is 31.9 Å². The molecule has 0 aromatic heterocycles. The van der Waals surface area contributed by atoms with Crippen molar-refractivity contribution in [3.8, 4) is 0 Å². The van der Waals surface area contributed by atoms with Crippen LogP contribution in [0.3, 0.4) is 0 Å². The van der Waals surface area contributed by atoms with Crippen LogP contribution in [0.4, 0.5) is 0 Å². The van der Waals surface area contributed by atoms with Crippen LogP contribution in [0.15, 0.2) is 30.3 Å². The van der Waals surface area contributed by atoms with Crippen LogP contribution in [-0.2, 0) is 30.4 Å². The van der Waals surface area contributed by atoms with Gasteiger partial charge in [-0.3, -0.25) is 19.2 Å². The average Bonchev–Trinajstić information content (AvgIpc) is 2.78. The van der Waals surface area contributed by atoms with Crippen molar-refractivity contribution in [2.24, 2.45) is 5.73 Å². The third-order valence-corrected chi connectivity index (χ3v) is 5.48. The van der Waals surface area contributed by atoms with Gasteiger partial charge in [-0.1, -0.05) is 30.3 Å². The number of thioether (sulfide) groups is 1. The van der Waals surface area contributed by atoms with Crippen molar-refractivity contribution in [2.75, 3.05) is 12.0 Å². The number of nitrogens with two attached hydrogens (primary N) is 1. The van der Waals surface area contributed by atoms with Crippen molar-refractivity contribution in [3.05, 3.63) is 35.9 Å². The minimum absolute atomic E-state index is 0.0557. The Hall–Kier alpha value is -3.12. The summed E-state index contributed by atoms with van der Waals surface area (Å²) in [6.45, 7) is 1.41. The van der Waals surface area contributed by atoms with E-state index in [9.17, 15) is 29.1 Å². The molecule has 0 bridgehead atoms. The molecule has 34 heavy (non-hydrogen) atoms. The summed E-state index contributed by atoms with van der Waals surface area (Å²) in [5, 5.41) is 25.8. The topological polar surface area (TPSA) is 188 Å². The van der Waals surface area contributed by atoms with Crippen LogP contribution in [0, 0.1) is 0 Å². The summed E-state index contributed by atoms with van der Waals surface area (Å²) >= 11 is 1.43. The zero-order valence-electron chi connectivity index (χ0n) is 19.2. The van der Waals surface area contributed by atoms with Crippen LogP contribution >= 0.6 is 11.8 Å². The first kappa shape index (κ1) is 28.9. The largest absolute Gasteiger partial charge is 0.481 e. The van der Waals surface area contributed by atoms with Gasteiger partial charge in [0.05, 0.1) is 6.04 Å². The number of amides is 3. The summed E-state index contributed by atoms with van der Waals surface area (Å²) in [6.07, 6.45) is 1.44. The van der Waals surface area contributed by atoms with E-state index in [2.05, 4.69) is 16.0 Å². The standard InChI is InChI=1S/C22H32N4O7S/c1-13(23)19(29)24-15(8-9-18(27)28)20(30)26-17(12-14-6-4-3-5-7-14)21(31)25-16(22(32)33)10-11-34-2/h3-7,13,15-17H,8-12,23H2,1-2H3,(H,24,29)(H,25,31)(H,26,30)(H,27,28)(H,32,33). The Labute approximate surface area is 202 Å². The van der Waals surface area contributed by atoms with Crippen molar-refractivity contribution in [3.63, 3.8) is 0 Å². The van der Waals surface area contributed by atoms with Crippen LogP contribution in [0.2, 0.25) is 0 Å². The Morgan fingerprint density at radius 3 is 1.97 bits per heavy atom. The van der Waals surface area contributed by atoms with Gasteiger partial charge in [-0.2, -0.15) is 11.8 Å². The highest BCUT2D eigenvalue weighted by molar-refractivity contribution is 7.98. The summed E-state index contributed by atoms with van der Waals surface area (Å²) in [4.78, 5) is 60.5. The number of carbonyl (C=O) groups is 5. The van der Waals surface area contributed by atoms with Crippen LogP contribution in [0.1, 0.15) is 31.7 Å². The highest BCUT2D eigenvalue weighted by atomic mass is 32.2. The average molecular weight is 497 g/mol. The van der Waals surface area contributed by atoms with Crippen molar-refractivity contribution < 1.29 is 34.2 Å². The number of hydrogen-bond acceptors (Lipinski definition) is 7. The first-order valence-electron chi connectivity index (χ1n) is 10.7. The second-order valence-electron chi connectivity index (χ2n) is 7.71. The van der Waals surface area contributed by atoms with Gasteiger partial charge in [-0.15, -0.1) is 0 Å². The first-order chi connectivity index (χ1) is 16.0. The van der Waals surface area contributed by atoms with E-state index >= 15 is 0 Å². The number of carbonyl (C=O) groups excluding carboxylic acids is 3. The van der Waals surface area contributed by atoms with E-state index in [1.807, 2.05) is 6.26 Å². The first-order valence-corrected chi connectivity index (χ1v) is 12.1. The molecule has 4 atom stereocenters. The van der Waals surface area contributed by atoms with Crippen molar-refractivity contribution in [2.45, 2.75) is 56.8 Å². The zero-order chi connectivity index (χ0) is 25.7.